The largest absolute Gasteiger partial charge is 0.450 e. The minimum Gasteiger partial charge on any atom is -0.450 e. The van der Waals surface area contributed by atoms with Crippen LogP contribution in [0.25, 0.3) is 0 Å². The van der Waals surface area contributed by atoms with E-state index in [0.717, 1.165) is 13.0 Å². The topological polar surface area (TPSA) is 38.3 Å². The Hall–Kier alpha value is -0.730. The molecule has 0 unspecified atom stereocenters. The van der Waals surface area contributed by atoms with Gasteiger partial charge in [-0.3, -0.25) is 0 Å². The molecule has 1 aliphatic carbocycles. The van der Waals surface area contributed by atoms with Crippen LogP contribution in [0.3, 0.4) is 0 Å². The molecular formula is C11H21NO2. The zero-order valence-electron chi connectivity index (χ0n) is 9.43. The van der Waals surface area contributed by atoms with Gasteiger partial charge < -0.3 is 10.1 Å². The molecule has 1 aliphatic rings. The van der Waals surface area contributed by atoms with Crippen molar-refractivity contribution < 1.29 is 9.53 Å². The fraction of sp³-hybridized carbons (Fsp3) is 0.909. The molecule has 0 aromatic heterocycles. The molecule has 1 rings (SSSR count). The molecule has 0 heterocycles. The quantitative estimate of drug-likeness (QED) is 0.755. The summed E-state index contributed by atoms with van der Waals surface area (Å²) in [6.07, 6.45) is 3.15. The highest BCUT2D eigenvalue weighted by Crippen LogP contribution is 2.27. The fourth-order valence-electron chi connectivity index (χ4n) is 1.05. The summed E-state index contributed by atoms with van der Waals surface area (Å²) in [7, 11) is 0. The number of carbonyl (C=O) groups excluding carboxylic acids is 1. The highest BCUT2D eigenvalue weighted by Gasteiger charge is 2.21. The van der Waals surface area contributed by atoms with Crippen LogP contribution in [-0.2, 0) is 4.74 Å². The number of ether oxygens (including phenoxy) is 1. The van der Waals surface area contributed by atoms with Gasteiger partial charge in [-0.15, -0.1) is 0 Å². The molecule has 0 aromatic carbocycles. The van der Waals surface area contributed by atoms with Gasteiger partial charge in [0.1, 0.15) is 0 Å². The Morgan fingerprint density at radius 1 is 1.43 bits per heavy atom. The lowest BCUT2D eigenvalue weighted by Gasteiger charge is -2.17. The van der Waals surface area contributed by atoms with Crippen LogP contribution in [0.15, 0.2) is 0 Å². The molecule has 82 valence electrons. The van der Waals surface area contributed by atoms with E-state index in [1.807, 2.05) is 0 Å². The maximum atomic E-state index is 11.1. The maximum absolute atomic E-state index is 11.1. The SMILES string of the molecule is CC(C)(C)CCOC(=O)NCC1CC1. The predicted molar refractivity (Wildman–Crippen MR) is 56.1 cm³/mol. The molecule has 0 spiro atoms. The van der Waals surface area contributed by atoms with Gasteiger partial charge >= 0.3 is 6.09 Å². The molecule has 1 N–H and O–H groups in total. The van der Waals surface area contributed by atoms with Crippen molar-refractivity contribution in [1.82, 2.24) is 5.32 Å². The van der Waals surface area contributed by atoms with Crippen LogP contribution in [-0.4, -0.2) is 19.2 Å². The Labute approximate surface area is 86.2 Å². The Kier molecular flexibility index (Phi) is 3.78. The van der Waals surface area contributed by atoms with Crippen molar-refractivity contribution in [3.63, 3.8) is 0 Å². The number of amides is 1. The Morgan fingerprint density at radius 2 is 2.07 bits per heavy atom. The van der Waals surface area contributed by atoms with Crippen LogP contribution in [0, 0.1) is 11.3 Å². The zero-order chi connectivity index (χ0) is 10.6. The van der Waals surface area contributed by atoms with Gasteiger partial charge in [0.25, 0.3) is 0 Å². The molecular weight excluding hydrogens is 178 g/mol. The normalized spacial score (nSPS) is 16.5. The average Bonchev–Trinajstić information content (AvgIpc) is 2.81. The van der Waals surface area contributed by atoms with E-state index >= 15 is 0 Å². The van der Waals surface area contributed by atoms with Gasteiger partial charge in [0, 0.05) is 6.54 Å². The Balaban J connectivity index is 1.96. The highest BCUT2D eigenvalue weighted by molar-refractivity contribution is 5.67. The minimum absolute atomic E-state index is 0.233. The number of carbonyl (C=O) groups is 1. The third-order valence-electron chi connectivity index (χ3n) is 2.32. The first-order chi connectivity index (χ1) is 6.47. The summed E-state index contributed by atoms with van der Waals surface area (Å²) in [5, 5.41) is 2.77. The third kappa shape index (κ3) is 5.84. The molecule has 1 saturated carbocycles. The molecule has 3 heteroatoms. The first kappa shape index (κ1) is 11.3. The van der Waals surface area contributed by atoms with Crippen LogP contribution < -0.4 is 5.32 Å². The van der Waals surface area contributed by atoms with E-state index < -0.39 is 0 Å². The van der Waals surface area contributed by atoms with Gasteiger partial charge in [-0.25, -0.2) is 4.79 Å². The van der Waals surface area contributed by atoms with E-state index in [1.165, 1.54) is 12.8 Å². The summed E-state index contributed by atoms with van der Waals surface area (Å²) < 4.78 is 5.05. The van der Waals surface area contributed by atoms with E-state index in [9.17, 15) is 4.79 Å². The van der Waals surface area contributed by atoms with Crippen molar-refractivity contribution in [2.45, 2.75) is 40.0 Å². The first-order valence-corrected chi connectivity index (χ1v) is 5.38. The molecule has 14 heavy (non-hydrogen) atoms. The second-order valence-electron chi connectivity index (χ2n) is 5.27. The second-order valence-corrected chi connectivity index (χ2v) is 5.27. The van der Waals surface area contributed by atoms with Gasteiger partial charge in [0.2, 0.25) is 0 Å². The summed E-state index contributed by atoms with van der Waals surface area (Å²) in [5.41, 5.74) is 0.233. The summed E-state index contributed by atoms with van der Waals surface area (Å²) in [4.78, 5) is 11.1. The lowest BCUT2D eigenvalue weighted by Crippen LogP contribution is -2.27. The van der Waals surface area contributed by atoms with Crippen molar-refractivity contribution in [3.05, 3.63) is 0 Å². The lowest BCUT2D eigenvalue weighted by atomic mass is 9.93. The lowest BCUT2D eigenvalue weighted by molar-refractivity contribution is 0.131. The second kappa shape index (κ2) is 4.67. The first-order valence-electron chi connectivity index (χ1n) is 5.38. The van der Waals surface area contributed by atoms with E-state index in [2.05, 4.69) is 26.1 Å². The molecule has 0 saturated heterocycles. The average molecular weight is 199 g/mol. The van der Waals surface area contributed by atoms with Crippen LogP contribution in [0.2, 0.25) is 0 Å². The molecule has 3 nitrogen and oxygen atoms in total. The zero-order valence-corrected chi connectivity index (χ0v) is 9.43. The van der Waals surface area contributed by atoms with Crippen LogP contribution >= 0.6 is 0 Å². The van der Waals surface area contributed by atoms with Crippen molar-refractivity contribution in [2.75, 3.05) is 13.2 Å². The van der Waals surface area contributed by atoms with Crippen molar-refractivity contribution >= 4 is 6.09 Å². The van der Waals surface area contributed by atoms with Crippen LogP contribution in [0.5, 0.6) is 0 Å². The molecule has 0 atom stereocenters. The van der Waals surface area contributed by atoms with E-state index in [4.69, 9.17) is 4.74 Å². The van der Waals surface area contributed by atoms with Gasteiger partial charge in [-0.2, -0.15) is 0 Å². The Morgan fingerprint density at radius 3 is 2.57 bits per heavy atom. The van der Waals surface area contributed by atoms with Crippen molar-refractivity contribution in [2.24, 2.45) is 11.3 Å². The number of alkyl carbamates (subject to hydrolysis) is 1. The maximum Gasteiger partial charge on any atom is 0.407 e. The summed E-state index contributed by atoms with van der Waals surface area (Å²) in [5.74, 6) is 0.713. The number of hydrogen-bond acceptors (Lipinski definition) is 2. The van der Waals surface area contributed by atoms with E-state index in [0.29, 0.717) is 12.5 Å². The predicted octanol–water partition coefficient (Wildman–Crippen LogP) is 2.56. The molecule has 1 fully saturated rings. The smallest absolute Gasteiger partial charge is 0.407 e. The van der Waals surface area contributed by atoms with Crippen LogP contribution in [0.1, 0.15) is 40.0 Å². The number of hydrogen-bond donors (Lipinski definition) is 1. The summed E-state index contributed by atoms with van der Waals surface area (Å²) in [6, 6.07) is 0. The molecule has 1 amide bonds. The Bertz CT molecular complexity index is 192. The molecule has 0 bridgehead atoms. The fourth-order valence-corrected chi connectivity index (χ4v) is 1.05. The standard InChI is InChI=1S/C11H21NO2/c1-11(2,3)6-7-14-10(13)12-8-9-4-5-9/h9H,4-8H2,1-3H3,(H,12,13). The third-order valence-corrected chi connectivity index (χ3v) is 2.32. The van der Waals surface area contributed by atoms with Gasteiger partial charge in [-0.05, 0) is 30.6 Å². The van der Waals surface area contributed by atoms with Gasteiger partial charge in [-0.1, -0.05) is 20.8 Å². The monoisotopic (exact) mass is 199 g/mol. The van der Waals surface area contributed by atoms with Crippen molar-refractivity contribution in [3.8, 4) is 0 Å². The van der Waals surface area contributed by atoms with Crippen molar-refractivity contribution in [1.29, 1.82) is 0 Å². The highest BCUT2D eigenvalue weighted by atomic mass is 16.5. The van der Waals surface area contributed by atoms with Crippen LogP contribution in [0.4, 0.5) is 4.79 Å². The number of nitrogens with one attached hydrogen (secondary N) is 1. The molecule has 0 radical (unpaired) electrons. The van der Waals surface area contributed by atoms with Gasteiger partial charge in [0.05, 0.1) is 6.61 Å². The molecule has 0 aromatic rings. The van der Waals surface area contributed by atoms with E-state index in [-0.39, 0.29) is 11.5 Å². The minimum atomic E-state index is -0.263. The van der Waals surface area contributed by atoms with Gasteiger partial charge in [0.15, 0.2) is 0 Å². The molecule has 0 aliphatic heterocycles. The number of rotatable bonds is 4. The van der Waals surface area contributed by atoms with E-state index in [1.54, 1.807) is 0 Å². The summed E-state index contributed by atoms with van der Waals surface area (Å²) in [6.45, 7) is 7.71. The summed E-state index contributed by atoms with van der Waals surface area (Å²) >= 11 is 0.